The van der Waals surface area contributed by atoms with Crippen molar-refractivity contribution in [2.75, 3.05) is 26.8 Å². The molecule has 5 heteroatoms. The molecule has 1 atom stereocenters. The Bertz CT molecular complexity index is 444. The molecule has 1 unspecified atom stereocenters. The van der Waals surface area contributed by atoms with E-state index in [4.69, 9.17) is 4.74 Å². The average Bonchev–Trinajstić information content (AvgIpc) is 2.46. The smallest absolute Gasteiger partial charge is 0.341 e. The van der Waals surface area contributed by atoms with Crippen LogP contribution in [0, 0.1) is 11.7 Å². The number of hydrogen-bond donors (Lipinski definition) is 1. The third kappa shape index (κ3) is 3.67. The first kappa shape index (κ1) is 13.8. The number of ether oxygens (including phenoxy) is 2. The third-order valence-corrected chi connectivity index (χ3v) is 3.22. The van der Waals surface area contributed by atoms with E-state index in [0.29, 0.717) is 18.3 Å². The summed E-state index contributed by atoms with van der Waals surface area (Å²) in [7, 11) is 1.27. The molecule has 1 aromatic rings. The second-order valence-electron chi connectivity index (χ2n) is 4.66. The molecule has 0 aromatic heterocycles. The average molecular weight is 267 g/mol. The molecule has 19 heavy (non-hydrogen) atoms. The lowest BCUT2D eigenvalue weighted by molar-refractivity contribution is 0.0594. The Morgan fingerprint density at radius 2 is 2.37 bits per heavy atom. The fraction of sp³-hybridized carbons (Fsp3) is 0.500. The van der Waals surface area contributed by atoms with E-state index in [1.54, 1.807) is 0 Å². The summed E-state index contributed by atoms with van der Waals surface area (Å²) in [6, 6.07) is 3.89. The SMILES string of the molecule is COC(=O)c1cc(F)ccc1OCC1CCCNC1. The molecule has 0 bridgehead atoms. The fourth-order valence-electron chi connectivity index (χ4n) is 2.17. The van der Waals surface area contributed by atoms with Crippen molar-refractivity contribution >= 4 is 5.97 Å². The fourth-order valence-corrected chi connectivity index (χ4v) is 2.17. The molecule has 1 aliphatic rings. The van der Waals surface area contributed by atoms with Crippen LogP contribution in [0.25, 0.3) is 0 Å². The van der Waals surface area contributed by atoms with Crippen LogP contribution in [0.1, 0.15) is 23.2 Å². The summed E-state index contributed by atoms with van der Waals surface area (Å²) >= 11 is 0. The second kappa shape index (κ2) is 6.52. The molecule has 0 amide bonds. The number of halogens is 1. The molecule has 1 fully saturated rings. The van der Waals surface area contributed by atoms with E-state index in [1.165, 1.54) is 19.2 Å². The normalized spacial score (nSPS) is 18.9. The van der Waals surface area contributed by atoms with Crippen LogP contribution in [0.15, 0.2) is 18.2 Å². The molecular formula is C14H18FNO3. The Hall–Kier alpha value is -1.62. The van der Waals surface area contributed by atoms with Crippen LogP contribution in [0.3, 0.4) is 0 Å². The lowest BCUT2D eigenvalue weighted by Crippen LogP contribution is -2.33. The van der Waals surface area contributed by atoms with Crippen molar-refractivity contribution in [3.8, 4) is 5.75 Å². The minimum absolute atomic E-state index is 0.131. The topological polar surface area (TPSA) is 47.6 Å². The lowest BCUT2D eigenvalue weighted by atomic mass is 10.0. The number of esters is 1. The molecule has 1 heterocycles. The van der Waals surface area contributed by atoms with Gasteiger partial charge in [0, 0.05) is 12.5 Å². The lowest BCUT2D eigenvalue weighted by Gasteiger charge is -2.23. The van der Waals surface area contributed by atoms with Crippen LogP contribution in [0.4, 0.5) is 4.39 Å². The van der Waals surface area contributed by atoms with Gasteiger partial charge in [0.25, 0.3) is 0 Å². The minimum Gasteiger partial charge on any atom is -0.492 e. The summed E-state index contributed by atoms with van der Waals surface area (Å²) in [5.74, 6) is -0.272. The predicted molar refractivity (Wildman–Crippen MR) is 68.8 cm³/mol. The van der Waals surface area contributed by atoms with Gasteiger partial charge in [0.2, 0.25) is 0 Å². The van der Waals surface area contributed by atoms with Gasteiger partial charge in [-0.15, -0.1) is 0 Å². The van der Waals surface area contributed by atoms with E-state index in [-0.39, 0.29) is 5.56 Å². The maximum absolute atomic E-state index is 13.2. The highest BCUT2D eigenvalue weighted by atomic mass is 19.1. The molecule has 1 saturated heterocycles. The maximum atomic E-state index is 13.2. The Kier molecular flexibility index (Phi) is 4.74. The van der Waals surface area contributed by atoms with E-state index in [2.05, 4.69) is 10.1 Å². The van der Waals surface area contributed by atoms with Crippen LogP contribution in [0.5, 0.6) is 5.75 Å². The number of carbonyl (C=O) groups is 1. The van der Waals surface area contributed by atoms with Gasteiger partial charge in [0.05, 0.1) is 13.7 Å². The standard InChI is InChI=1S/C14H18FNO3/c1-18-14(17)12-7-11(15)4-5-13(12)19-9-10-3-2-6-16-8-10/h4-5,7,10,16H,2-3,6,8-9H2,1H3. The van der Waals surface area contributed by atoms with E-state index in [9.17, 15) is 9.18 Å². The monoisotopic (exact) mass is 267 g/mol. The molecule has 0 saturated carbocycles. The summed E-state index contributed by atoms with van der Waals surface area (Å²) in [6.45, 7) is 2.47. The zero-order valence-electron chi connectivity index (χ0n) is 10.9. The van der Waals surface area contributed by atoms with Crippen molar-refractivity contribution in [1.82, 2.24) is 5.32 Å². The highest BCUT2D eigenvalue weighted by Gasteiger charge is 2.17. The van der Waals surface area contributed by atoms with E-state index in [0.717, 1.165) is 32.0 Å². The number of carbonyl (C=O) groups excluding carboxylic acids is 1. The van der Waals surface area contributed by atoms with Crippen molar-refractivity contribution in [1.29, 1.82) is 0 Å². The van der Waals surface area contributed by atoms with Crippen LogP contribution in [0.2, 0.25) is 0 Å². The maximum Gasteiger partial charge on any atom is 0.341 e. The van der Waals surface area contributed by atoms with E-state index < -0.39 is 11.8 Å². The summed E-state index contributed by atoms with van der Waals surface area (Å²) in [6.07, 6.45) is 2.23. The van der Waals surface area contributed by atoms with Crippen molar-refractivity contribution in [3.05, 3.63) is 29.6 Å². The highest BCUT2D eigenvalue weighted by Crippen LogP contribution is 2.22. The molecule has 1 aliphatic heterocycles. The zero-order valence-corrected chi connectivity index (χ0v) is 10.9. The quantitative estimate of drug-likeness (QED) is 0.848. The largest absolute Gasteiger partial charge is 0.492 e. The second-order valence-corrected chi connectivity index (χ2v) is 4.66. The van der Waals surface area contributed by atoms with Crippen LogP contribution < -0.4 is 10.1 Å². The number of benzene rings is 1. The van der Waals surface area contributed by atoms with Gasteiger partial charge in [-0.25, -0.2) is 9.18 Å². The third-order valence-electron chi connectivity index (χ3n) is 3.22. The number of nitrogens with one attached hydrogen (secondary N) is 1. The van der Waals surface area contributed by atoms with Crippen LogP contribution in [-0.2, 0) is 4.74 Å². The van der Waals surface area contributed by atoms with Crippen LogP contribution >= 0.6 is 0 Å². The Morgan fingerprint density at radius 1 is 1.53 bits per heavy atom. The van der Waals surface area contributed by atoms with Gasteiger partial charge in [0.1, 0.15) is 17.1 Å². The number of hydrogen-bond acceptors (Lipinski definition) is 4. The first-order chi connectivity index (χ1) is 9.20. The molecule has 2 rings (SSSR count). The van der Waals surface area contributed by atoms with Gasteiger partial charge in [-0.2, -0.15) is 0 Å². The number of methoxy groups -OCH3 is 1. The van der Waals surface area contributed by atoms with Gasteiger partial charge in [-0.1, -0.05) is 0 Å². The zero-order chi connectivity index (χ0) is 13.7. The van der Waals surface area contributed by atoms with Crippen molar-refractivity contribution in [2.45, 2.75) is 12.8 Å². The first-order valence-corrected chi connectivity index (χ1v) is 6.42. The molecule has 0 spiro atoms. The van der Waals surface area contributed by atoms with Crippen molar-refractivity contribution < 1.29 is 18.7 Å². The summed E-state index contributed by atoms with van der Waals surface area (Å²) in [5.41, 5.74) is 0.131. The summed E-state index contributed by atoms with van der Waals surface area (Å²) in [4.78, 5) is 11.6. The van der Waals surface area contributed by atoms with Gasteiger partial charge >= 0.3 is 5.97 Å². The Morgan fingerprint density at radius 3 is 3.05 bits per heavy atom. The van der Waals surface area contributed by atoms with Crippen molar-refractivity contribution in [3.63, 3.8) is 0 Å². The highest BCUT2D eigenvalue weighted by molar-refractivity contribution is 5.92. The van der Waals surface area contributed by atoms with Crippen LogP contribution in [-0.4, -0.2) is 32.8 Å². The Labute approximate surface area is 111 Å². The van der Waals surface area contributed by atoms with Crippen molar-refractivity contribution in [2.24, 2.45) is 5.92 Å². The summed E-state index contributed by atoms with van der Waals surface area (Å²) < 4.78 is 23.4. The molecule has 104 valence electrons. The molecule has 4 nitrogen and oxygen atoms in total. The molecule has 1 aromatic carbocycles. The molecule has 1 N–H and O–H groups in total. The molecule has 0 radical (unpaired) electrons. The van der Waals surface area contributed by atoms with Gasteiger partial charge in [0.15, 0.2) is 0 Å². The molecule has 0 aliphatic carbocycles. The number of piperidine rings is 1. The van der Waals surface area contributed by atoms with Gasteiger partial charge < -0.3 is 14.8 Å². The molecular weight excluding hydrogens is 249 g/mol. The number of rotatable bonds is 4. The minimum atomic E-state index is -0.587. The predicted octanol–water partition coefficient (Wildman–Crippen LogP) is 1.99. The summed E-state index contributed by atoms with van der Waals surface area (Å²) in [5, 5.41) is 3.30. The van der Waals surface area contributed by atoms with Gasteiger partial charge in [-0.3, -0.25) is 0 Å². The van der Waals surface area contributed by atoms with E-state index >= 15 is 0 Å². The Balaban J connectivity index is 2.04. The first-order valence-electron chi connectivity index (χ1n) is 6.42. The van der Waals surface area contributed by atoms with Gasteiger partial charge in [-0.05, 0) is 37.6 Å². The van der Waals surface area contributed by atoms with E-state index in [1.807, 2.05) is 0 Å².